The third-order valence-electron chi connectivity index (χ3n) is 4.73. The van der Waals surface area contributed by atoms with Crippen LogP contribution >= 0.6 is 11.6 Å². The number of halogens is 1. The van der Waals surface area contributed by atoms with Gasteiger partial charge < -0.3 is 9.67 Å². The van der Waals surface area contributed by atoms with Crippen molar-refractivity contribution in [2.45, 2.75) is 6.54 Å². The number of aromatic hydroxyl groups is 1. The van der Waals surface area contributed by atoms with Gasteiger partial charge in [0.2, 0.25) is 11.6 Å². The van der Waals surface area contributed by atoms with Crippen LogP contribution in [0.3, 0.4) is 0 Å². The first-order valence-electron chi connectivity index (χ1n) is 9.05. The zero-order chi connectivity index (χ0) is 23.2. The molecule has 0 unspecified atom stereocenters. The fraction of sp³-hybridized carbons (Fsp3) is 0.167. The highest BCUT2D eigenvalue weighted by atomic mass is 35.5. The molecule has 0 aliphatic rings. The second-order valence-electron chi connectivity index (χ2n) is 6.81. The van der Waals surface area contributed by atoms with Gasteiger partial charge in [-0.05, 0) is 17.7 Å². The quantitative estimate of drug-likeness (QED) is 0.378. The lowest BCUT2D eigenvalue weighted by Gasteiger charge is -2.08. The second-order valence-corrected chi connectivity index (χ2v) is 7.24. The van der Waals surface area contributed by atoms with E-state index in [4.69, 9.17) is 11.6 Å². The molecule has 164 valence electrons. The summed E-state index contributed by atoms with van der Waals surface area (Å²) in [6.45, 7) is 0.0152. The molecule has 4 aromatic rings. The van der Waals surface area contributed by atoms with Crippen molar-refractivity contribution in [1.82, 2.24) is 28.7 Å². The van der Waals surface area contributed by atoms with Crippen molar-refractivity contribution in [3.63, 3.8) is 0 Å². The van der Waals surface area contributed by atoms with Crippen molar-refractivity contribution in [3.8, 4) is 5.88 Å². The first kappa shape index (κ1) is 21.0. The van der Waals surface area contributed by atoms with Crippen LogP contribution < -0.4 is 22.5 Å². The van der Waals surface area contributed by atoms with E-state index in [1.165, 1.54) is 23.2 Å². The van der Waals surface area contributed by atoms with Crippen LogP contribution in [0, 0.1) is 0 Å². The number of aromatic nitrogens is 6. The molecule has 0 atom stereocenters. The fourth-order valence-corrected chi connectivity index (χ4v) is 3.21. The van der Waals surface area contributed by atoms with E-state index in [0.29, 0.717) is 10.6 Å². The Morgan fingerprint density at radius 1 is 1.03 bits per heavy atom. The van der Waals surface area contributed by atoms with Gasteiger partial charge in [-0.1, -0.05) is 23.7 Å². The maximum Gasteiger partial charge on any atom is 0.332 e. The molecule has 4 rings (SSSR count). The van der Waals surface area contributed by atoms with Crippen molar-refractivity contribution in [2.75, 3.05) is 0 Å². The van der Waals surface area contributed by atoms with Crippen LogP contribution in [0.5, 0.6) is 5.88 Å². The Balaban J connectivity index is 1.85. The van der Waals surface area contributed by atoms with Gasteiger partial charge >= 0.3 is 11.4 Å². The van der Waals surface area contributed by atoms with Gasteiger partial charge in [-0.25, -0.2) is 9.59 Å². The van der Waals surface area contributed by atoms with Gasteiger partial charge in [-0.3, -0.25) is 28.7 Å². The Bertz CT molecular complexity index is 1620. The first-order valence-corrected chi connectivity index (χ1v) is 9.43. The van der Waals surface area contributed by atoms with E-state index in [9.17, 15) is 24.3 Å². The van der Waals surface area contributed by atoms with Crippen molar-refractivity contribution in [1.29, 1.82) is 0 Å². The lowest BCUT2D eigenvalue weighted by atomic mass is 10.2. The summed E-state index contributed by atoms with van der Waals surface area (Å²) >= 11 is 5.89. The molecule has 0 spiro atoms. The van der Waals surface area contributed by atoms with Gasteiger partial charge in [0, 0.05) is 19.1 Å². The molecule has 0 aliphatic heterocycles. The topological polar surface area (TPSA) is 172 Å². The summed E-state index contributed by atoms with van der Waals surface area (Å²) in [6, 6.07) is 6.72. The van der Waals surface area contributed by atoms with Crippen LogP contribution in [-0.2, 0) is 20.6 Å². The van der Waals surface area contributed by atoms with Crippen LogP contribution in [0.4, 0.5) is 11.6 Å². The van der Waals surface area contributed by atoms with Gasteiger partial charge in [0.15, 0.2) is 11.2 Å². The number of aryl methyl sites for hydroxylation is 2. The van der Waals surface area contributed by atoms with E-state index in [0.717, 1.165) is 4.57 Å². The van der Waals surface area contributed by atoms with Crippen LogP contribution in [0.25, 0.3) is 11.2 Å². The Hall–Kier alpha value is -4.26. The van der Waals surface area contributed by atoms with E-state index in [2.05, 4.69) is 15.2 Å². The normalized spacial score (nSPS) is 11.6. The molecule has 14 heteroatoms. The molecule has 0 saturated heterocycles. The summed E-state index contributed by atoms with van der Waals surface area (Å²) in [7, 11) is 2.94. The number of H-pyrrole nitrogens is 2. The molecule has 3 aromatic heterocycles. The van der Waals surface area contributed by atoms with Crippen LogP contribution in [0.2, 0.25) is 5.02 Å². The summed E-state index contributed by atoms with van der Waals surface area (Å²) in [5.74, 6) is -0.889. The minimum absolute atomic E-state index is 0.0152. The number of rotatable bonds is 4. The second kappa shape index (κ2) is 7.77. The number of nitrogens with zero attached hydrogens (tertiary/aromatic N) is 6. The average Bonchev–Trinajstić information content (AvgIpc) is 3.07. The predicted molar refractivity (Wildman–Crippen MR) is 114 cm³/mol. The van der Waals surface area contributed by atoms with Crippen LogP contribution in [-0.4, -0.2) is 33.8 Å². The molecule has 0 bridgehead atoms. The first-order chi connectivity index (χ1) is 15.2. The number of benzene rings is 1. The molecule has 13 nitrogen and oxygen atoms in total. The highest BCUT2D eigenvalue weighted by Crippen LogP contribution is 2.21. The van der Waals surface area contributed by atoms with Crippen molar-refractivity contribution in [2.24, 2.45) is 24.3 Å². The number of imidazole rings is 1. The molecule has 0 aliphatic carbocycles. The summed E-state index contributed by atoms with van der Waals surface area (Å²) in [6.07, 6.45) is 0. The van der Waals surface area contributed by atoms with Crippen LogP contribution in [0.15, 0.2) is 53.7 Å². The summed E-state index contributed by atoms with van der Waals surface area (Å²) in [5.41, 5.74) is -2.78. The molecular weight excluding hydrogens is 444 g/mol. The number of hydrogen-bond donors (Lipinski definition) is 3. The zero-order valence-electron chi connectivity index (χ0n) is 16.7. The van der Waals surface area contributed by atoms with Gasteiger partial charge in [-0.2, -0.15) is 4.98 Å². The molecule has 0 fully saturated rings. The Labute approximate surface area is 181 Å². The Kier molecular flexibility index (Phi) is 5.10. The average molecular weight is 459 g/mol. The SMILES string of the molecule is Cn1c(N=Nc2c(O)[nH]c(=O)[nH]c2=O)nc2c1c(=O)n(Cc1ccc(Cl)cc1)c(=O)n2C. The number of azo groups is 1. The largest absolute Gasteiger partial charge is 0.493 e. The number of fused-ring (bicyclic) bond motifs is 1. The standard InChI is InChI=1S/C18H15ClN8O5/c1-25-11-12(20-16(25)24-23-10-13(28)21-17(31)22-14(10)29)26(2)18(32)27(15(11)30)7-8-3-5-9(19)6-4-8/h3-6H,7H2,1-2H3,(H3,21,22,28,29,31). The third-order valence-corrected chi connectivity index (χ3v) is 4.98. The molecule has 0 radical (unpaired) electrons. The Morgan fingerprint density at radius 2 is 1.72 bits per heavy atom. The molecule has 0 amide bonds. The van der Waals surface area contributed by atoms with Crippen molar-refractivity contribution >= 4 is 34.4 Å². The Morgan fingerprint density at radius 3 is 2.38 bits per heavy atom. The maximum atomic E-state index is 13.1. The van der Waals surface area contributed by atoms with Crippen molar-refractivity contribution in [3.05, 3.63) is 76.5 Å². The minimum atomic E-state index is -0.966. The lowest BCUT2D eigenvalue weighted by molar-refractivity contribution is 0.450. The molecular formula is C18H15ClN8O5. The van der Waals surface area contributed by atoms with E-state index in [1.54, 1.807) is 24.3 Å². The van der Waals surface area contributed by atoms with Gasteiger partial charge in [0.25, 0.3) is 17.1 Å². The zero-order valence-corrected chi connectivity index (χ0v) is 17.4. The number of aromatic amines is 2. The van der Waals surface area contributed by atoms with Gasteiger partial charge in [0.1, 0.15) is 0 Å². The summed E-state index contributed by atoms with van der Waals surface area (Å²) < 4.78 is 3.54. The molecule has 3 N–H and O–H groups in total. The number of nitrogens with one attached hydrogen (secondary N) is 2. The molecule has 0 saturated carbocycles. The predicted octanol–water partition coefficient (Wildman–Crippen LogP) is 0.633. The molecule has 1 aromatic carbocycles. The maximum absolute atomic E-state index is 13.1. The van der Waals surface area contributed by atoms with Gasteiger partial charge in [0.05, 0.1) is 6.54 Å². The summed E-state index contributed by atoms with van der Waals surface area (Å²) in [5, 5.41) is 17.7. The van der Waals surface area contributed by atoms with E-state index >= 15 is 0 Å². The lowest BCUT2D eigenvalue weighted by Crippen LogP contribution is -2.39. The third kappa shape index (κ3) is 3.54. The molecule has 3 heterocycles. The fourth-order valence-electron chi connectivity index (χ4n) is 3.09. The monoisotopic (exact) mass is 458 g/mol. The van der Waals surface area contributed by atoms with Gasteiger partial charge in [-0.15, -0.1) is 10.2 Å². The van der Waals surface area contributed by atoms with Crippen molar-refractivity contribution < 1.29 is 5.11 Å². The van der Waals surface area contributed by atoms with E-state index in [1.807, 2.05) is 9.97 Å². The van der Waals surface area contributed by atoms with E-state index in [-0.39, 0.29) is 23.7 Å². The summed E-state index contributed by atoms with van der Waals surface area (Å²) in [4.78, 5) is 56.9. The number of hydrogen-bond acceptors (Lipinski definition) is 8. The highest BCUT2D eigenvalue weighted by molar-refractivity contribution is 6.30. The van der Waals surface area contributed by atoms with Crippen LogP contribution in [0.1, 0.15) is 5.56 Å². The molecule has 32 heavy (non-hydrogen) atoms. The minimum Gasteiger partial charge on any atom is -0.493 e. The smallest absolute Gasteiger partial charge is 0.332 e. The highest BCUT2D eigenvalue weighted by Gasteiger charge is 2.19. The van der Waals surface area contributed by atoms with E-state index < -0.39 is 34.1 Å².